The lowest BCUT2D eigenvalue weighted by molar-refractivity contribution is -0.134. The maximum atomic E-state index is 12.2. The highest BCUT2D eigenvalue weighted by Gasteiger charge is 2.26. The molecule has 2 atom stereocenters. The van der Waals surface area contributed by atoms with Gasteiger partial charge in [0.2, 0.25) is 0 Å². The largest absolute Gasteiger partial charge is 0.379 e. The molecule has 2 aliphatic rings. The molecule has 0 spiro atoms. The van der Waals surface area contributed by atoms with Gasteiger partial charge in [0, 0.05) is 37.6 Å². The lowest BCUT2D eigenvalue weighted by atomic mass is 10.1. The molecule has 2 saturated heterocycles. The minimum atomic E-state index is -0.373. The Morgan fingerprint density at radius 1 is 1.38 bits per heavy atom. The van der Waals surface area contributed by atoms with E-state index in [1.165, 1.54) is 4.88 Å². The monoisotopic (exact) mass is 397 g/mol. The Labute approximate surface area is 159 Å². The van der Waals surface area contributed by atoms with Crippen LogP contribution in [-0.4, -0.2) is 69.5 Å². The summed E-state index contributed by atoms with van der Waals surface area (Å²) in [5.74, 6) is -0.0259. The Bertz CT molecular complexity index is 467. The number of amides is 1. The highest BCUT2D eigenvalue weighted by molar-refractivity contribution is 7.10. The van der Waals surface area contributed by atoms with Crippen molar-refractivity contribution >= 4 is 42.1 Å². The van der Waals surface area contributed by atoms with E-state index in [1.807, 2.05) is 0 Å². The van der Waals surface area contributed by atoms with Gasteiger partial charge in [-0.3, -0.25) is 9.69 Å². The van der Waals surface area contributed by atoms with Crippen molar-refractivity contribution in [2.75, 3.05) is 52.5 Å². The van der Waals surface area contributed by atoms with Gasteiger partial charge < -0.3 is 20.1 Å². The normalized spacial score (nSPS) is 22.8. The van der Waals surface area contributed by atoms with Gasteiger partial charge >= 0.3 is 0 Å². The number of carbonyl (C=O) groups excluding carboxylic acids is 1. The first-order valence-corrected chi connectivity index (χ1v) is 8.68. The summed E-state index contributed by atoms with van der Waals surface area (Å²) in [4.78, 5) is 15.9. The first kappa shape index (κ1) is 21.6. The van der Waals surface area contributed by atoms with Crippen LogP contribution in [0.15, 0.2) is 17.5 Å². The Morgan fingerprint density at radius 3 is 2.79 bits per heavy atom. The molecular weight excluding hydrogens is 373 g/mol. The lowest BCUT2D eigenvalue weighted by Crippen LogP contribution is -2.50. The van der Waals surface area contributed by atoms with E-state index in [0.717, 1.165) is 32.8 Å². The van der Waals surface area contributed by atoms with E-state index < -0.39 is 0 Å². The average molecular weight is 398 g/mol. The van der Waals surface area contributed by atoms with Crippen LogP contribution in [0.4, 0.5) is 0 Å². The number of ether oxygens (including phenoxy) is 2. The highest BCUT2D eigenvalue weighted by atomic mass is 35.5. The first-order chi connectivity index (χ1) is 10.8. The van der Waals surface area contributed by atoms with E-state index in [1.54, 1.807) is 11.3 Å². The van der Waals surface area contributed by atoms with E-state index in [0.29, 0.717) is 19.7 Å². The third-order valence-electron chi connectivity index (χ3n) is 4.05. The fraction of sp³-hybridized carbons (Fsp3) is 0.667. The van der Waals surface area contributed by atoms with Gasteiger partial charge in [0.25, 0.3) is 5.91 Å². The van der Waals surface area contributed by atoms with E-state index in [9.17, 15) is 4.79 Å². The molecule has 0 aromatic carbocycles. The predicted octanol–water partition coefficient (Wildman–Crippen LogP) is 1.07. The van der Waals surface area contributed by atoms with Gasteiger partial charge in [-0.25, -0.2) is 0 Å². The molecule has 0 aliphatic carbocycles. The minimum absolute atomic E-state index is 0. The van der Waals surface area contributed by atoms with Gasteiger partial charge in [-0.15, -0.1) is 36.2 Å². The van der Waals surface area contributed by atoms with Gasteiger partial charge in [-0.05, 0) is 11.4 Å². The Hall–Kier alpha value is -0.410. The van der Waals surface area contributed by atoms with Crippen molar-refractivity contribution in [3.05, 3.63) is 22.4 Å². The second-order valence-electron chi connectivity index (χ2n) is 5.49. The van der Waals surface area contributed by atoms with E-state index in [2.05, 4.69) is 33.0 Å². The molecule has 138 valence electrons. The molecule has 0 bridgehead atoms. The van der Waals surface area contributed by atoms with E-state index in [4.69, 9.17) is 9.47 Å². The smallest absolute Gasteiger partial charge is 0.250 e. The summed E-state index contributed by atoms with van der Waals surface area (Å²) in [5.41, 5.74) is 0. The number of nitrogens with zero attached hydrogens (tertiary/aromatic N) is 1. The number of morpholine rings is 2. The zero-order chi connectivity index (χ0) is 15.2. The van der Waals surface area contributed by atoms with Gasteiger partial charge in [-0.2, -0.15) is 0 Å². The topological polar surface area (TPSA) is 62.8 Å². The average Bonchev–Trinajstić information content (AvgIpc) is 3.11. The molecule has 1 aromatic heterocycles. The Balaban J connectivity index is 0.00000144. The Morgan fingerprint density at radius 2 is 2.17 bits per heavy atom. The van der Waals surface area contributed by atoms with Crippen LogP contribution in [0, 0.1) is 0 Å². The molecule has 0 radical (unpaired) electrons. The molecule has 2 aliphatic heterocycles. The zero-order valence-corrected chi connectivity index (χ0v) is 15.9. The maximum absolute atomic E-state index is 12.2. The number of carbonyl (C=O) groups is 1. The molecule has 3 rings (SSSR count). The van der Waals surface area contributed by atoms with Crippen LogP contribution >= 0.6 is 36.2 Å². The fourth-order valence-corrected chi connectivity index (χ4v) is 3.69. The molecule has 6 nitrogen and oxygen atoms in total. The quantitative estimate of drug-likeness (QED) is 0.777. The number of nitrogens with one attached hydrogen (secondary N) is 2. The molecule has 3 heterocycles. The summed E-state index contributed by atoms with van der Waals surface area (Å²) in [5, 5.41) is 8.32. The molecule has 2 N–H and O–H groups in total. The van der Waals surface area contributed by atoms with Crippen LogP contribution < -0.4 is 10.6 Å². The Kier molecular flexibility index (Phi) is 10.1. The second kappa shape index (κ2) is 11.3. The molecule has 2 fully saturated rings. The van der Waals surface area contributed by atoms with Crippen molar-refractivity contribution in [1.82, 2.24) is 15.5 Å². The summed E-state index contributed by atoms with van der Waals surface area (Å²) < 4.78 is 10.9. The number of thiophene rings is 1. The van der Waals surface area contributed by atoms with Crippen LogP contribution in [0.5, 0.6) is 0 Å². The number of rotatable bonds is 5. The van der Waals surface area contributed by atoms with Crippen LogP contribution in [0.25, 0.3) is 0 Å². The third kappa shape index (κ3) is 5.84. The van der Waals surface area contributed by atoms with Crippen LogP contribution in [0.2, 0.25) is 0 Å². The maximum Gasteiger partial charge on any atom is 0.250 e. The molecule has 0 saturated carbocycles. The predicted molar refractivity (Wildman–Crippen MR) is 99.6 cm³/mol. The van der Waals surface area contributed by atoms with Gasteiger partial charge in [0.1, 0.15) is 6.10 Å². The van der Waals surface area contributed by atoms with Gasteiger partial charge in [-0.1, -0.05) is 6.07 Å². The van der Waals surface area contributed by atoms with Crippen molar-refractivity contribution in [2.24, 2.45) is 0 Å². The summed E-state index contributed by atoms with van der Waals surface area (Å²) in [7, 11) is 0. The minimum Gasteiger partial charge on any atom is -0.379 e. The summed E-state index contributed by atoms with van der Waals surface area (Å²) in [6.45, 7) is 5.92. The zero-order valence-electron chi connectivity index (χ0n) is 13.4. The van der Waals surface area contributed by atoms with Crippen molar-refractivity contribution < 1.29 is 14.3 Å². The van der Waals surface area contributed by atoms with Crippen molar-refractivity contribution in [1.29, 1.82) is 0 Å². The lowest BCUT2D eigenvalue weighted by Gasteiger charge is -2.34. The second-order valence-corrected chi connectivity index (χ2v) is 6.47. The van der Waals surface area contributed by atoms with Crippen LogP contribution in [0.1, 0.15) is 10.9 Å². The summed E-state index contributed by atoms with van der Waals surface area (Å²) in [6, 6.07) is 4.41. The van der Waals surface area contributed by atoms with E-state index in [-0.39, 0.29) is 42.9 Å². The molecule has 24 heavy (non-hydrogen) atoms. The number of hydrogen-bond acceptors (Lipinski definition) is 6. The molecule has 2 unspecified atom stereocenters. The number of hydrogen-bond donors (Lipinski definition) is 2. The van der Waals surface area contributed by atoms with Gasteiger partial charge in [0.05, 0.1) is 25.9 Å². The summed E-state index contributed by atoms with van der Waals surface area (Å²) in [6.07, 6.45) is -0.373. The first-order valence-electron chi connectivity index (χ1n) is 7.80. The third-order valence-corrected chi connectivity index (χ3v) is 5.02. The fourth-order valence-electron chi connectivity index (χ4n) is 2.82. The number of halogens is 2. The van der Waals surface area contributed by atoms with Crippen LogP contribution in [-0.2, 0) is 14.3 Å². The van der Waals surface area contributed by atoms with Crippen molar-refractivity contribution in [2.45, 2.75) is 12.1 Å². The standard InChI is InChI=1S/C15H23N3O3S.2ClH/c19-15(13-11-16-3-6-21-13)17-10-12(14-2-1-9-22-14)18-4-7-20-8-5-18;;/h1-2,9,12-13,16H,3-8,10-11H2,(H,17,19);2*1H. The van der Waals surface area contributed by atoms with Gasteiger partial charge in [0.15, 0.2) is 0 Å². The van der Waals surface area contributed by atoms with Crippen molar-refractivity contribution in [3.8, 4) is 0 Å². The molecule has 1 amide bonds. The summed E-state index contributed by atoms with van der Waals surface area (Å²) >= 11 is 1.73. The molecule has 1 aromatic rings. The van der Waals surface area contributed by atoms with Crippen LogP contribution in [0.3, 0.4) is 0 Å². The van der Waals surface area contributed by atoms with Crippen molar-refractivity contribution in [3.63, 3.8) is 0 Å². The highest BCUT2D eigenvalue weighted by Crippen LogP contribution is 2.25. The molecular formula is C15H25Cl2N3O3S. The van der Waals surface area contributed by atoms with E-state index >= 15 is 0 Å². The molecule has 9 heteroatoms. The SMILES string of the molecule is Cl.Cl.O=C(NCC(c1cccs1)N1CCOCC1)C1CNCCO1.